The van der Waals surface area contributed by atoms with E-state index in [1.807, 2.05) is 24.3 Å². The van der Waals surface area contributed by atoms with Gasteiger partial charge in [-0.05, 0) is 70.5 Å². The summed E-state index contributed by atoms with van der Waals surface area (Å²) < 4.78 is 12.9. The quantitative estimate of drug-likeness (QED) is 0.137. The van der Waals surface area contributed by atoms with Crippen LogP contribution in [-0.4, -0.2) is 36.6 Å². The van der Waals surface area contributed by atoms with Crippen LogP contribution in [0.4, 0.5) is 0 Å². The van der Waals surface area contributed by atoms with Gasteiger partial charge in [-0.1, -0.05) is 141 Å². The van der Waals surface area contributed by atoms with Crippen LogP contribution in [0.25, 0.3) is 44.5 Å². The maximum Gasteiger partial charge on any atom is 0.135 e. The predicted molar refractivity (Wildman–Crippen MR) is 204 cm³/mol. The minimum atomic E-state index is -0.288. The van der Waals surface area contributed by atoms with E-state index in [4.69, 9.17) is 9.47 Å². The van der Waals surface area contributed by atoms with Gasteiger partial charge in [0.1, 0.15) is 24.7 Å². The van der Waals surface area contributed by atoms with E-state index in [1.54, 1.807) is 0 Å². The first kappa shape index (κ1) is 33.3. The zero-order valence-electron chi connectivity index (χ0n) is 28.4. The van der Waals surface area contributed by atoms with Crippen LogP contribution in [-0.2, 0) is 5.41 Å². The van der Waals surface area contributed by atoms with Gasteiger partial charge in [0.15, 0.2) is 0 Å². The summed E-state index contributed by atoms with van der Waals surface area (Å²) in [5.41, 5.74) is 10.6. The largest absolute Gasteiger partial charge is 0.490 e. The summed E-state index contributed by atoms with van der Waals surface area (Å²) in [4.78, 5) is 0. The molecule has 6 aromatic carbocycles. The van der Waals surface area contributed by atoms with Crippen molar-refractivity contribution in [1.29, 1.82) is 0 Å². The number of rotatable bonds is 12. The summed E-state index contributed by atoms with van der Waals surface area (Å²) in [6.45, 7) is 0.285. The summed E-state index contributed by atoms with van der Waals surface area (Å²) in [6.07, 6.45) is 5.45. The van der Waals surface area contributed by atoms with E-state index < -0.39 is 0 Å². The highest BCUT2D eigenvalue weighted by atomic mass is 16.5. The van der Waals surface area contributed by atoms with Crippen LogP contribution in [0.1, 0.15) is 43.2 Å². The Morgan fingerprint density at radius 1 is 0.420 bits per heavy atom. The first-order valence-corrected chi connectivity index (χ1v) is 17.8. The Kier molecular flexibility index (Phi) is 10.4. The van der Waals surface area contributed by atoms with E-state index in [9.17, 15) is 10.2 Å². The third-order valence-electron chi connectivity index (χ3n) is 10.0. The minimum absolute atomic E-state index is 0.0661. The van der Waals surface area contributed by atoms with E-state index in [2.05, 4.69) is 121 Å². The molecule has 4 nitrogen and oxygen atoms in total. The van der Waals surface area contributed by atoms with E-state index in [0.717, 1.165) is 81.7 Å². The van der Waals surface area contributed by atoms with Crippen molar-refractivity contribution in [2.45, 2.75) is 37.5 Å². The molecule has 252 valence electrons. The summed E-state index contributed by atoms with van der Waals surface area (Å²) in [7, 11) is 0. The number of aliphatic hydroxyl groups is 2. The SMILES string of the molecule is OCCOc1c(-c2ccccc2)cc(C2(c3cc(-c4ccccc4)c(OCCO)c(-c4ccccc4)c3)CCCCC2)cc1-c1ccccc1. The Morgan fingerprint density at radius 3 is 1.00 bits per heavy atom. The van der Waals surface area contributed by atoms with Crippen molar-refractivity contribution in [2.75, 3.05) is 26.4 Å². The van der Waals surface area contributed by atoms with Crippen molar-refractivity contribution in [3.05, 3.63) is 157 Å². The third-order valence-corrected chi connectivity index (χ3v) is 10.0. The Labute approximate surface area is 295 Å². The van der Waals surface area contributed by atoms with Gasteiger partial charge in [0.05, 0.1) is 13.2 Å². The van der Waals surface area contributed by atoms with Gasteiger partial charge in [0.2, 0.25) is 0 Å². The third kappa shape index (κ3) is 6.82. The molecular weight excluding hydrogens is 617 g/mol. The topological polar surface area (TPSA) is 58.9 Å². The Hall–Kier alpha value is -5.16. The molecule has 1 aliphatic carbocycles. The van der Waals surface area contributed by atoms with Crippen molar-refractivity contribution in [3.63, 3.8) is 0 Å². The van der Waals surface area contributed by atoms with Crippen LogP contribution in [0, 0.1) is 0 Å². The van der Waals surface area contributed by atoms with Gasteiger partial charge in [-0.15, -0.1) is 0 Å². The second kappa shape index (κ2) is 15.6. The number of ether oxygens (including phenoxy) is 2. The standard InChI is InChI=1S/C46H44O4/c47-26-28-49-44-40(34-16-6-1-7-17-34)30-38(31-41(44)35-18-8-2-9-19-35)46(24-14-5-15-25-46)39-32-42(36-20-10-3-11-21-36)45(50-29-27-48)43(33-39)37-22-12-4-13-23-37/h1-4,6-13,16-23,30-33,47-48H,5,14-15,24-29H2. The summed E-state index contributed by atoms with van der Waals surface area (Å²) in [5, 5.41) is 19.7. The Balaban J connectivity index is 1.54. The number of benzene rings is 6. The van der Waals surface area contributed by atoms with E-state index in [1.165, 1.54) is 17.5 Å². The maximum atomic E-state index is 9.87. The lowest BCUT2D eigenvalue weighted by Crippen LogP contribution is -2.31. The molecule has 4 heteroatoms. The van der Waals surface area contributed by atoms with Crippen molar-refractivity contribution in [3.8, 4) is 56.0 Å². The van der Waals surface area contributed by atoms with Gasteiger partial charge in [-0.25, -0.2) is 0 Å². The zero-order valence-corrected chi connectivity index (χ0v) is 28.4. The Bertz CT molecular complexity index is 1720. The van der Waals surface area contributed by atoms with Crippen LogP contribution in [0.3, 0.4) is 0 Å². The molecule has 1 fully saturated rings. The van der Waals surface area contributed by atoms with Gasteiger partial charge in [0, 0.05) is 27.7 Å². The molecule has 0 atom stereocenters. The van der Waals surface area contributed by atoms with Crippen LogP contribution < -0.4 is 9.47 Å². The monoisotopic (exact) mass is 660 g/mol. The molecule has 0 saturated heterocycles. The minimum Gasteiger partial charge on any atom is -0.490 e. The van der Waals surface area contributed by atoms with E-state index >= 15 is 0 Å². The van der Waals surface area contributed by atoms with Gasteiger partial charge in [0.25, 0.3) is 0 Å². The number of hydrogen-bond acceptors (Lipinski definition) is 4. The molecule has 0 radical (unpaired) electrons. The highest BCUT2D eigenvalue weighted by molar-refractivity contribution is 5.86. The number of aliphatic hydroxyl groups excluding tert-OH is 2. The summed E-state index contributed by atoms with van der Waals surface area (Å²) in [6, 6.07) is 51.2. The average Bonchev–Trinajstić information content (AvgIpc) is 3.20. The lowest BCUT2D eigenvalue weighted by Gasteiger charge is -2.40. The average molecular weight is 661 g/mol. The van der Waals surface area contributed by atoms with Gasteiger partial charge >= 0.3 is 0 Å². The fraction of sp³-hybridized carbons (Fsp3) is 0.217. The predicted octanol–water partition coefficient (Wildman–Crippen LogP) is 10.3. The molecular formula is C46H44O4. The number of hydrogen-bond donors (Lipinski definition) is 2. The molecule has 0 amide bonds. The van der Waals surface area contributed by atoms with Crippen molar-refractivity contribution in [2.24, 2.45) is 0 Å². The van der Waals surface area contributed by atoms with Crippen molar-refractivity contribution < 1.29 is 19.7 Å². The summed E-state index contributed by atoms with van der Waals surface area (Å²) in [5.74, 6) is 1.57. The molecule has 0 unspecified atom stereocenters. The second-order valence-corrected chi connectivity index (χ2v) is 13.1. The molecule has 0 bridgehead atoms. The second-order valence-electron chi connectivity index (χ2n) is 13.1. The molecule has 0 aromatic heterocycles. The molecule has 0 spiro atoms. The molecule has 1 aliphatic rings. The molecule has 50 heavy (non-hydrogen) atoms. The van der Waals surface area contributed by atoms with Crippen molar-refractivity contribution in [1.82, 2.24) is 0 Å². The lowest BCUT2D eigenvalue weighted by molar-refractivity contribution is 0.202. The normalized spacial score (nSPS) is 13.9. The van der Waals surface area contributed by atoms with Gasteiger partial charge in [-0.3, -0.25) is 0 Å². The van der Waals surface area contributed by atoms with Crippen LogP contribution >= 0.6 is 0 Å². The van der Waals surface area contributed by atoms with Crippen LogP contribution in [0.5, 0.6) is 11.5 Å². The highest BCUT2D eigenvalue weighted by Gasteiger charge is 2.38. The molecule has 7 rings (SSSR count). The first-order chi connectivity index (χ1) is 24.7. The Morgan fingerprint density at radius 2 is 0.720 bits per heavy atom. The summed E-state index contributed by atoms with van der Waals surface area (Å²) >= 11 is 0. The smallest absolute Gasteiger partial charge is 0.135 e. The van der Waals surface area contributed by atoms with Crippen LogP contribution in [0.2, 0.25) is 0 Å². The van der Waals surface area contributed by atoms with Crippen molar-refractivity contribution >= 4 is 0 Å². The molecule has 1 saturated carbocycles. The molecule has 0 heterocycles. The van der Waals surface area contributed by atoms with E-state index in [0.29, 0.717) is 0 Å². The van der Waals surface area contributed by atoms with Gasteiger partial charge in [-0.2, -0.15) is 0 Å². The van der Waals surface area contributed by atoms with Gasteiger partial charge < -0.3 is 19.7 Å². The fourth-order valence-corrected chi connectivity index (χ4v) is 7.64. The fourth-order valence-electron chi connectivity index (χ4n) is 7.64. The first-order valence-electron chi connectivity index (χ1n) is 17.8. The zero-order chi connectivity index (χ0) is 34.2. The van der Waals surface area contributed by atoms with E-state index in [-0.39, 0.29) is 31.8 Å². The maximum absolute atomic E-state index is 9.87. The lowest BCUT2D eigenvalue weighted by atomic mass is 9.64. The molecule has 6 aromatic rings. The molecule has 2 N–H and O–H groups in total. The van der Waals surface area contributed by atoms with Crippen LogP contribution in [0.15, 0.2) is 146 Å². The molecule has 0 aliphatic heterocycles. The highest BCUT2D eigenvalue weighted by Crippen LogP contribution is 2.52.